The number of benzene rings is 2. The number of fused-ring (bicyclic) bond motifs is 1. The van der Waals surface area contributed by atoms with E-state index in [1.807, 2.05) is 18.2 Å². The van der Waals surface area contributed by atoms with Gasteiger partial charge in [0.1, 0.15) is 23.0 Å². The van der Waals surface area contributed by atoms with Crippen LogP contribution in [0.15, 0.2) is 48.7 Å². The number of nitrogens with zero attached hydrogens (tertiary/aromatic N) is 4. The summed E-state index contributed by atoms with van der Waals surface area (Å²) in [6, 6.07) is 10.6. The number of hydrogen-bond acceptors (Lipinski definition) is 3. The van der Waals surface area contributed by atoms with Crippen molar-refractivity contribution in [1.82, 2.24) is 19.5 Å². The molecule has 4 nitrogen and oxygen atoms in total. The van der Waals surface area contributed by atoms with E-state index in [-0.39, 0.29) is 11.4 Å². The summed E-state index contributed by atoms with van der Waals surface area (Å²) in [5, 5.41) is 0.568. The molecule has 0 bridgehead atoms. The summed E-state index contributed by atoms with van der Waals surface area (Å²) >= 11 is 6.25. The molecule has 0 aliphatic heterocycles. The minimum atomic E-state index is -0.715. The quantitative estimate of drug-likeness (QED) is 0.526. The van der Waals surface area contributed by atoms with E-state index in [0.717, 1.165) is 11.6 Å². The molecule has 0 unspecified atom stereocenters. The van der Waals surface area contributed by atoms with Gasteiger partial charge in [0.05, 0.1) is 16.8 Å². The maximum atomic E-state index is 14.0. The second-order valence-corrected chi connectivity index (χ2v) is 5.91. The minimum Gasteiger partial charge on any atom is -0.312 e. The summed E-state index contributed by atoms with van der Waals surface area (Å²) in [6.45, 7) is 0. The van der Waals surface area contributed by atoms with E-state index in [2.05, 4.69) is 15.0 Å². The molecule has 4 rings (SSSR count). The number of rotatable bonds is 2. The number of aryl methyl sites for hydroxylation is 1. The van der Waals surface area contributed by atoms with Gasteiger partial charge in [-0.15, -0.1) is 0 Å². The molecule has 2 aromatic heterocycles. The number of hydrogen-bond donors (Lipinski definition) is 0. The molecule has 0 aliphatic rings. The van der Waals surface area contributed by atoms with Crippen LogP contribution in [-0.2, 0) is 7.05 Å². The summed E-state index contributed by atoms with van der Waals surface area (Å²) in [7, 11) is 1.80. The minimum absolute atomic E-state index is 0.129. The highest BCUT2D eigenvalue weighted by Gasteiger charge is 2.16. The van der Waals surface area contributed by atoms with Crippen LogP contribution in [0.3, 0.4) is 0 Å². The van der Waals surface area contributed by atoms with Crippen LogP contribution in [0.2, 0.25) is 5.02 Å². The Bertz CT molecular complexity index is 1110. The second kappa shape index (κ2) is 5.89. The van der Waals surface area contributed by atoms with Gasteiger partial charge in [-0.25, -0.2) is 23.7 Å². The largest absolute Gasteiger partial charge is 0.312 e. The van der Waals surface area contributed by atoms with Gasteiger partial charge in [-0.3, -0.25) is 0 Å². The molecule has 0 radical (unpaired) electrons. The molecular weight excluding hydrogens is 346 g/mol. The fourth-order valence-electron chi connectivity index (χ4n) is 2.67. The Morgan fingerprint density at radius 2 is 1.80 bits per heavy atom. The van der Waals surface area contributed by atoms with Crippen LogP contribution in [0.1, 0.15) is 0 Å². The second-order valence-electron chi connectivity index (χ2n) is 5.50. The van der Waals surface area contributed by atoms with E-state index in [1.54, 1.807) is 17.7 Å². The lowest BCUT2D eigenvalue weighted by molar-refractivity contribution is 0.585. The van der Waals surface area contributed by atoms with Crippen molar-refractivity contribution in [2.24, 2.45) is 7.05 Å². The Balaban J connectivity index is 1.90. The molecule has 0 atom stereocenters. The van der Waals surface area contributed by atoms with Crippen LogP contribution in [0.25, 0.3) is 33.9 Å². The van der Waals surface area contributed by atoms with E-state index < -0.39 is 11.6 Å². The van der Waals surface area contributed by atoms with Crippen LogP contribution in [0.4, 0.5) is 8.78 Å². The van der Waals surface area contributed by atoms with Gasteiger partial charge in [-0.2, -0.15) is 0 Å². The Labute approximate surface area is 146 Å². The highest BCUT2D eigenvalue weighted by molar-refractivity contribution is 6.33. The van der Waals surface area contributed by atoms with Crippen molar-refractivity contribution in [2.45, 2.75) is 0 Å². The smallest absolute Gasteiger partial charge is 0.164 e. The molecule has 4 aromatic rings. The van der Waals surface area contributed by atoms with Crippen molar-refractivity contribution in [3.05, 3.63) is 65.3 Å². The van der Waals surface area contributed by atoms with E-state index in [0.29, 0.717) is 22.0 Å². The molecule has 2 aromatic carbocycles. The first-order chi connectivity index (χ1) is 12.0. The fourth-order valence-corrected chi connectivity index (χ4v) is 2.89. The molecule has 7 heteroatoms. The summed E-state index contributed by atoms with van der Waals surface area (Å²) < 4.78 is 28.9. The first-order valence-electron chi connectivity index (χ1n) is 7.44. The first-order valence-corrected chi connectivity index (χ1v) is 7.82. The third-order valence-corrected chi connectivity index (χ3v) is 4.23. The van der Waals surface area contributed by atoms with Crippen LogP contribution in [0, 0.1) is 11.6 Å². The van der Waals surface area contributed by atoms with Crippen LogP contribution in [-0.4, -0.2) is 19.5 Å². The topological polar surface area (TPSA) is 43.6 Å². The molecule has 0 aliphatic carbocycles. The SMILES string of the molecule is Cn1c(-c2ccccc2Cl)nc2cnc(-c3ccc(F)cc3F)nc21. The third-order valence-electron chi connectivity index (χ3n) is 3.90. The molecule has 0 fully saturated rings. The molecule has 0 N–H and O–H groups in total. The molecule has 0 spiro atoms. The summed E-state index contributed by atoms with van der Waals surface area (Å²) in [5.74, 6) is -0.568. The lowest BCUT2D eigenvalue weighted by atomic mass is 10.2. The molecule has 0 saturated heterocycles. The molecule has 25 heavy (non-hydrogen) atoms. The van der Waals surface area contributed by atoms with Crippen molar-refractivity contribution in [3.8, 4) is 22.8 Å². The molecule has 0 saturated carbocycles. The predicted octanol–water partition coefficient (Wildman–Crippen LogP) is 4.63. The van der Waals surface area contributed by atoms with Crippen molar-refractivity contribution < 1.29 is 8.78 Å². The number of imidazole rings is 1. The summed E-state index contributed by atoms with van der Waals surface area (Å²) in [4.78, 5) is 13.1. The normalized spacial score (nSPS) is 11.2. The Morgan fingerprint density at radius 1 is 1.00 bits per heavy atom. The Hall–Kier alpha value is -2.86. The van der Waals surface area contributed by atoms with E-state index in [4.69, 9.17) is 11.6 Å². The zero-order valence-electron chi connectivity index (χ0n) is 13.0. The summed E-state index contributed by atoms with van der Waals surface area (Å²) in [5.41, 5.74) is 1.98. The lowest BCUT2D eigenvalue weighted by Gasteiger charge is -2.05. The van der Waals surface area contributed by atoms with Crippen LogP contribution >= 0.6 is 11.6 Å². The monoisotopic (exact) mass is 356 g/mol. The van der Waals surface area contributed by atoms with Crippen molar-refractivity contribution in [3.63, 3.8) is 0 Å². The third kappa shape index (κ3) is 2.64. The highest BCUT2D eigenvalue weighted by Crippen LogP contribution is 2.29. The predicted molar refractivity (Wildman–Crippen MR) is 92.1 cm³/mol. The zero-order valence-corrected chi connectivity index (χ0v) is 13.8. The van der Waals surface area contributed by atoms with E-state index in [9.17, 15) is 8.78 Å². The van der Waals surface area contributed by atoms with Gasteiger partial charge in [0, 0.05) is 18.7 Å². The van der Waals surface area contributed by atoms with Gasteiger partial charge < -0.3 is 4.57 Å². The molecule has 2 heterocycles. The van der Waals surface area contributed by atoms with Crippen molar-refractivity contribution in [2.75, 3.05) is 0 Å². The highest BCUT2D eigenvalue weighted by atomic mass is 35.5. The Morgan fingerprint density at radius 3 is 2.56 bits per heavy atom. The van der Waals surface area contributed by atoms with E-state index >= 15 is 0 Å². The van der Waals surface area contributed by atoms with Gasteiger partial charge in [0.15, 0.2) is 11.5 Å². The van der Waals surface area contributed by atoms with Gasteiger partial charge in [-0.1, -0.05) is 23.7 Å². The van der Waals surface area contributed by atoms with Crippen molar-refractivity contribution >= 4 is 22.8 Å². The number of aromatic nitrogens is 4. The first kappa shape index (κ1) is 15.7. The molecule has 0 amide bonds. The average Bonchev–Trinajstić information content (AvgIpc) is 2.92. The standard InChI is InChI=1S/C18H11ClF2N4/c1-25-17(11-4-2-3-5-13(11)19)23-15-9-22-16(24-18(15)25)12-7-6-10(20)8-14(12)21/h2-9H,1H3. The zero-order chi connectivity index (χ0) is 17.6. The molecular formula is C18H11ClF2N4. The Kier molecular flexibility index (Phi) is 3.69. The average molecular weight is 357 g/mol. The van der Waals surface area contributed by atoms with Gasteiger partial charge >= 0.3 is 0 Å². The fraction of sp³-hybridized carbons (Fsp3) is 0.0556. The van der Waals surface area contributed by atoms with E-state index in [1.165, 1.54) is 18.3 Å². The molecule has 124 valence electrons. The van der Waals surface area contributed by atoms with Gasteiger partial charge in [-0.05, 0) is 24.3 Å². The van der Waals surface area contributed by atoms with Gasteiger partial charge in [0.2, 0.25) is 0 Å². The summed E-state index contributed by atoms with van der Waals surface area (Å²) in [6.07, 6.45) is 1.51. The van der Waals surface area contributed by atoms with Crippen molar-refractivity contribution in [1.29, 1.82) is 0 Å². The van der Waals surface area contributed by atoms with Crippen LogP contribution in [0.5, 0.6) is 0 Å². The number of halogens is 3. The maximum Gasteiger partial charge on any atom is 0.164 e. The van der Waals surface area contributed by atoms with Gasteiger partial charge in [0.25, 0.3) is 0 Å². The lowest BCUT2D eigenvalue weighted by Crippen LogP contribution is -1.97. The van der Waals surface area contributed by atoms with Crippen LogP contribution < -0.4 is 0 Å². The maximum absolute atomic E-state index is 14.0.